The summed E-state index contributed by atoms with van der Waals surface area (Å²) in [5.41, 5.74) is 22.9. The molecule has 0 aliphatic heterocycles. The summed E-state index contributed by atoms with van der Waals surface area (Å²) in [7, 11) is 0. The molecule has 1 aliphatic carbocycles. The molecule has 0 saturated carbocycles. The third-order valence-corrected chi connectivity index (χ3v) is 15.5. The quantitative estimate of drug-likeness (QED) is 0.133. The second kappa shape index (κ2) is 18.4. The van der Waals surface area contributed by atoms with E-state index in [0.717, 1.165) is 50.6 Å². The van der Waals surface area contributed by atoms with Gasteiger partial charge < -0.3 is 9.47 Å². The van der Waals surface area contributed by atoms with Gasteiger partial charge in [-0.15, -0.1) is 0 Å². The molecule has 1 heterocycles. The Morgan fingerprint density at radius 1 is 0.293 bits per heavy atom. The Bertz CT molecular complexity index is 4180. The highest BCUT2D eigenvalue weighted by Crippen LogP contribution is 2.58. The van der Waals surface area contributed by atoms with Gasteiger partial charge in [-0.3, -0.25) is 0 Å². The predicted octanol–water partition coefficient (Wildman–Crippen LogP) is 19.3. The van der Waals surface area contributed by atoms with Crippen LogP contribution < -0.4 is 4.90 Å². The monoisotopic (exact) mass is 954 g/mol. The van der Waals surface area contributed by atoms with Gasteiger partial charge in [-0.05, 0) is 127 Å². The SMILES string of the molecule is c1ccc(-c2ccccc2-c2c(-c3ccccc3)cccc2N(c2cccc(-c3cccc4c3c3ccccc3n4-c3ccccc3)c2)c2ccc3c(c2)C(c2ccccc2)(c2ccccc2)c2ccccc2-3)cc1. The third-order valence-electron chi connectivity index (χ3n) is 15.5. The van der Waals surface area contributed by atoms with Crippen LogP contribution in [0.15, 0.2) is 303 Å². The summed E-state index contributed by atoms with van der Waals surface area (Å²) >= 11 is 0. The van der Waals surface area contributed by atoms with Gasteiger partial charge >= 0.3 is 0 Å². The van der Waals surface area contributed by atoms with Crippen LogP contribution in [-0.4, -0.2) is 4.57 Å². The van der Waals surface area contributed by atoms with E-state index in [1.807, 2.05) is 0 Å². The van der Waals surface area contributed by atoms with Crippen LogP contribution in [0.25, 0.3) is 83.1 Å². The molecule has 0 unspecified atom stereocenters. The zero-order valence-electron chi connectivity index (χ0n) is 41.3. The average molecular weight is 955 g/mol. The van der Waals surface area contributed by atoms with E-state index >= 15 is 0 Å². The molecule has 2 nitrogen and oxygen atoms in total. The molecule has 0 N–H and O–H groups in total. The normalized spacial score (nSPS) is 12.4. The van der Waals surface area contributed by atoms with Gasteiger partial charge in [0.25, 0.3) is 0 Å². The van der Waals surface area contributed by atoms with Crippen LogP contribution in [0.5, 0.6) is 0 Å². The Morgan fingerprint density at radius 2 is 0.787 bits per heavy atom. The number of hydrogen-bond acceptors (Lipinski definition) is 1. The molecule has 1 aromatic heterocycles. The third kappa shape index (κ3) is 7.17. The molecule has 75 heavy (non-hydrogen) atoms. The lowest BCUT2D eigenvalue weighted by Gasteiger charge is -2.35. The van der Waals surface area contributed by atoms with E-state index in [0.29, 0.717) is 0 Å². The van der Waals surface area contributed by atoms with Crippen molar-refractivity contribution in [2.45, 2.75) is 5.41 Å². The van der Waals surface area contributed by atoms with Crippen molar-refractivity contribution in [1.82, 2.24) is 4.57 Å². The van der Waals surface area contributed by atoms with Crippen LogP contribution in [0.2, 0.25) is 0 Å². The predicted molar refractivity (Wildman–Crippen MR) is 315 cm³/mol. The van der Waals surface area contributed by atoms with Crippen LogP contribution in [0.1, 0.15) is 22.3 Å². The number of benzene rings is 12. The molecule has 0 fully saturated rings. The van der Waals surface area contributed by atoms with Gasteiger partial charge in [0.15, 0.2) is 0 Å². The van der Waals surface area contributed by atoms with E-state index in [1.165, 1.54) is 71.9 Å². The van der Waals surface area contributed by atoms with Crippen molar-refractivity contribution in [2.75, 3.05) is 4.90 Å². The molecular weight excluding hydrogens is 905 g/mol. The van der Waals surface area contributed by atoms with E-state index < -0.39 is 5.41 Å². The highest BCUT2D eigenvalue weighted by atomic mass is 15.1. The standard InChI is InChI=1S/C73H50N2/c1-6-25-51(26-7-1)59-37-16-17-39-64(59)71-60(52-27-8-2-9-28-52)41-23-45-69(71)74(57-36-22-29-53(49-57)61-42-24-46-70-72(61)65-40-19-21-44-68(65)75(70)56-34-14-5-15-35-56)58-47-48-63-62-38-18-20-43-66(62)73(67(63)50-58,54-30-10-3-11-31-54)55-32-12-4-13-33-55/h1-50H. The molecule has 0 bridgehead atoms. The second-order valence-electron chi connectivity index (χ2n) is 19.5. The first-order chi connectivity index (χ1) is 37.3. The number of rotatable bonds is 10. The fraction of sp³-hybridized carbons (Fsp3) is 0.0137. The Kier molecular flexibility index (Phi) is 10.8. The largest absolute Gasteiger partial charge is 0.310 e. The van der Waals surface area contributed by atoms with Gasteiger partial charge in [0.05, 0.1) is 22.1 Å². The van der Waals surface area contributed by atoms with E-state index in [9.17, 15) is 0 Å². The molecule has 0 radical (unpaired) electrons. The Balaban J connectivity index is 1.07. The summed E-state index contributed by atoms with van der Waals surface area (Å²) in [4.78, 5) is 2.53. The zero-order valence-corrected chi connectivity index (χ0v) is 41.3. The van der Waals surface area contributed by atoms with Crippen LogP contribution in [0.4, 0.5) is 17.1 Å². The van der Waals surface area contributed by atoms with Crippen LogP contribution in [0, 0.1) is 0 Å². The van der Waals surface area contributed by atoms with Crippen molar-refractivity contribution in [1.29, 1.82) is 0 Å². The van der Waals surface area contributed by atoms with E-state index in [2.05, 4.69) is 313 Å². The number of anilines is 3. The summed E-state index contributed by atoms with van der Waals surface area (Å²) in [6, 6.07) is 112. The summed E-state index contributed by atoms with van der Waals surface area (Å²) in [5.74, 6) is 0. The molecule has 352 valence electrons. The summed E-state index contributed by atoms with van der Waals surface area (Å²) < 4.78 is 2.41. The van der Waals surface area contributed by atoms with Crippen molar-refractivity contribution in [2.24, 2.45) is 0 Å². The lowest BCUT2D eigenvalue weighted by Crippen LogP contribution is -2.28. The first-order valence-electron chi connectivity index (χ1n) is 25.9. The lowest BCUT2D eigenvalue weighted by molar-refractivity contribution is 0.768. The molecule has 0 saturated heterocycles. The molecule has 0 atom stereocenters. The average Bonchev–Trinajstić information content (AvgIpc) is 4.02. The number of nitrogens with zero attached hydrogens (tertiary/aromatic N) is 2. The van der Waals surface area contributed by atoms with E-state index in [4.69, 9.17) is 0 Å². The van der Waals surface area contributed by atoms with Crippen LogP contribution in [-0.2, 0) is 5.41 Å². The van der Waals surface area contributed by atoms with Gasteiger partial charge in [-0.2, -0.15) is 0 Å². The van der Waals surface area contributed by atoms with Crippen molar-refractivity contribution >= 4 is 38.9 Å². The maximum atomic E-state index is 2.53. The zero-order chi connectivity index (χ0) is 49.7. The fourth-order valence-electron chi connectivity index (χ4n) is 12.4. The first-order valence-corrected chi connectivity index (χ1v) is 25.9. The summed E-state index contributed by atoms with van der Waals surface area (Å²) in [6.07, 6.45) is 0. The van der Waals surface area contributed by atoms with Crippen molar-refractivity contribution in [3.05, 3.63) is 326 Å². The molecular formula is C73H50N2. The highest BCUT2D eigenvalue weighted by Gasteiger charge is 2.46. The first kappa shape index (κ1) is 44.0. The van der Waals surface area contributed by atoms with Crippen molar-refractivity contribution in [3.8, 4) is 61.3 Å². The minimum Gasteiger partial charge on any atom is -0.310 e. The van der Waals surface area contributed by atoms with Crippen LogP contribution in [0.3, 0.4) is 0 Å². The van der Waals surface area contributed by atoms with E-state index in [1.54, 1.807) is 0 Å². The van der Waals surface area contributed by atoms with Crippen molar-refractivity contribution < 1.29 is 0 Å². The Morgan fingerprint density at radius 3 is 1.51 bits per heavy atom. The van der Waals surface area contributed by atoms with Crippen molar-refractivity contribution in [3.63, 3.8) is 0 Å². The Hall–Kier alpha value is -9.76. The lowest BCUT2D eigenvalue weighted by atomic mass is 9.67. The second-order valence-corrected chi connectivity index (χ2v) is 19.5. The molecule has 14 rings (SSSR count). The molecule has 12 aromatic carbocycles. The minimum absolute atomic E-state index is 0.588. The van der Waals surface area contributed by atoms with E-state index in [-0.39, 0.29) is 0 Å². The molecule has 2 heteroatoms. The summed E-state index contributed by atoms with van der Waals surface area (Å²) in [5, 5.41) is 2.45. The van der Waals surface area contributed by atoms with Gasteiger partial charge in [0.2, 0.25) is 0 Å². The number of fused-ring (bicyclic) bond motifs is 6. The Labute approximate surface area is 438 Å². The minimum atomic E-state index is -0.588. The van der Waals surface area contributed by atoms with Gasteiger partial charge in [-0.1, -0.05) is 249 Å². The number of hydrogen-bond donors (Lipinski definition) is 0. The molecule has 1 aliphatic rings. The molecule has 13 aromatic rings. The van der Waals surface area contributed by atoms with Gasteiger partial charge in [0.1, 0.15) is 0 Å². The summed E-state index contributed by atoms with van der Waals surface area (Å²) in [6.45, 7) is 0. The molecule has 0 spiro atoms. The number of aromatic nitrogens is 1. The van der Waals surface area contributed by atoms with Gasteiger partial charge in [0, 0.05) is 33.4 Å². The molecule has 0 amide bonds. The topological polar surface area (TPSA) is 8.17 Å². The maximum absolute atomic E-state index is 2.53. The smallest absolute Gasteiger partial charge is 0.0714 e. The number of para-hydroxylation sites is 2. The fourth-order valence-corrected chi connectivity index (χ4v) is 12.4. The maximum Gasteiger partial charge on any atom is 0.0714 e. The van der Waals surface area contributed by atoms with Crippen LogP contribution >= 0.6 is 0 Å². The highest BCUT2D eigenvalue weighted by molar-refractivity contribution is 6.16. The van der Waals surface area contributed by atoms with Gasteiger partial charge in [-0.25, -0.2) is 0 Å².